The molecule has 0 spiro atoms. The minimum absolute atomic E-state index is 0.370. The summed E-state index contributed by atoms with van der Waals surface area (Å²) in [7, 11) is 0. The number of carbonyl (C=O) groups is 1. The van der Waals surface area contributed by atoms with Gasteiger partial charge in [-0.2, -0.15) is 0 Å². The van der Waals surface area contributed by atoms with E-state index in [2.05, 4.69) is 17.2 Å². The molecule has 0 radical (unpaired) electrons. The van der Waals surface area contributed by atoms with Gasteiger partial charge in [0, 0.05) is 25.2 Å². The van der Waals surface area contributed by atoms with Crippen molar-refractivity contribution in [1.29, 1.82) is 0 Å². The van der Waals surface area contributed by atoms with Gasteiger partial charge in [0.1, 0.15) is 0 Å². The maximum Gasteiger partial charge on any atom is 0.292 e. The van der Waals surface area contributed by atoms with Crippen LogP contribution in [0.1, 0.15) is 56.3 Å². The number of hydrogen-bond acceptors (Lipinski definition) is 4. The van der Waals surface area contributed by atoms with Gasteiger partial charge in [0.25, 0.3) is 12.3 Å². The van der Waals surface area contributed by atoms with Crippen molar-refractivity contribution in [3.63, 3.8) is 0 Å². The van der Waals surface area contributed by atoms with Crippen molar-refractivity contribution < 1.29 is 18.0 Å². The van der Waals surface area contributed by atoms with Gasteiger partial charge in [-0.15, -0.1) is 0 Å². The largest absolute Gasteiger partial charge is 0.438 e. The molecule has 1 aromatic heterocycles. The van der Waals surface area contributed by atoms with E-state index in [1.165, 1.54) is 10.5 Å². The molecule has 0 aromatic carbocycles. The summed E-state index contributed by atoms with van der Waals surface area (Å²) < 4.78 is 30.5. The first-order valence-electron chi connectivity index (χ1n) is 7.55. The molecule has 1 amide bonds. The maximum absolute atomic E-state index is 12.8. The van der Waals surface area contributed by atoms with Crippen molar-refractivity contribution in [2.24, 2.45) is 0 Å². The van der Waals surface area contributed by atoms with Gasteiger partial charge < -0.3 is 14.6 Å². The monoisotopic (exact) mass is 325 g/mol. The summed E-state index contributed by atoms with van der Waals surface area (Å²) >= 11 is 0. The Morgan fingerprint density at radius 2 is 2.30 bits per heavy atom. The number of alkyl halides is 2. The lowest BCUT2D eigenvalue weighted by molar-refractivity contribution is 0.0714. The molecule has 1 N–H and O–H groups in total. The second kappa shape index (κ2) is 7.39. The van der Waals surface area contributed by atoms with Gasteiger partial charge in [-0.1, -0.05) is 12.5 Å². The minimum Gasteiger partial charge on any atom is -0.438 e. The first-order valence-corrected chi connectivity index (χ1v) is 7.55. The zero-order valence-electron chi connectivity index (χ0n) is 13.5. The molecule has 0 saturated carbocycles. The average molecular weight is 325 g/mol. The van der Waals surface area contributed by atoms with Gasteiger partial charge in [0.2, 0.25) is 5.76 Å². The lowest BCUT2D eigenvalue weighted by Crippen LogP contribution is -2.38. The van der Waals surface area contributed by atoms with Crippen LogP contribution < -0.4 is 5.32 Å². The van der Waals surface area contributed by atoms with E-state index in [0.29, 0.717) is 19.5 Å². The predicted molar refractivity (Wildman–Crippen MR) is 81.9 cm³/mol. The third-order valence-electron chi connectivity index (χ3n) is 3.91. The van der Waals surface area contributed by atoms with E-state index in [-0.39, 0.29) is 5.76 Å². The zero-order chi connectivity index (χ0) is 17.0. The van der Waals surface area contributed by atoms with E-state index in [9.17, 15) is 13.6 Å². The highest BCUT2D eigenvalue weighted by Crippen LogP contribution is 2.24. The summed E-state index contributed by atoms with van der Waals surface area (Å²) in [5.74, 6) is -0.914. The second-order valence-electron chi connectivity index (χ2n) is 5.59. The Kier molecular flexibility index (Phi) is 5.52. The molecule has 0 bridgehead atoms. The Hall–Kier alpha value is -2.18. The summed E-state index contributed by atoms with van der Waals surface area (Å²) in [5.41, 5.74) is 2.70. The quantitative estimate of drug-likeness (QED) is 0.898. The van der Waals surface area contributed by atoms with E-state index in [4.69, 9.17) is 4.42 Å². The number of amides is 1. The molecule has 0 fully saturated rings. The molecule has 0 saturated heterocycles. The van der Waals surface area contributed by atoms with Crippen LogP contribution in [0.5, 0.6) is 0 Å². The van der Waals surface area contributed by atoms with Crippen LogP contribution in [0, 0.1) is 0 Å². The number of carbonyl (C=O) groups excluding carboxylic acids is 1. The van der Waals surface area contributed by atoms with Crippen LogP contribution in [0.3, 0.4) is 0 Å². The predicted octanol–water partition coefficient (Wildman–Crippen LogP) is 3.64. The molecule has 5 nitrogen and oxygen atoms in total. The number of nitrogens with zero attached hydrogens (tertiary/aromatic N) is 2. The topological polar surface area (TPSA) is 58.4 Å². The van der Waals surface area contributed by atoms with E-state index in [1.807, 2.05) is 20.0 Å². The summed E-state index contributed by atoms with van der Waals surface area (Å²) in [6.07, 6.45) is 1.62. The van der Waals surface area contributed by atoms with Crippen molar-refractivity contribution >= 4 is 5.91 Å². The SMILES string of the molecule is CCC(C)=CNC1=C(C)CN(C(=O)c2ocnc2C(F)F)CC1. The molecule has 126 valence electrons. The fraction of sp³-hybridized carbons (Fsp3) is 0.500. The number of halogens is 2. The molecule has 2 heterocycles. The molecule has 1 aromatic rings. The molecule has 2 rings (SSSR count). The fourth-order valence-electron chi connectivity index (χ4n) is 2.32. The Labute approximate surface area is 134 Å². The highest BCUT2D eigenvalue weighted by atomic mass is 19.3. The molecule has 0 aliphatic carbocycles. The minimum atomic E-state index is -2.83. The van der Waals surface area contributed by atoms with Crippen LogP contribution in [0.25, 0.3) is 0 Å². The highest BCUT2D eigenvalue weighted by molar-refractivity contribution is 5.92. The molecule has 1 aliphatic heterocycles. The van der Waals surface area contributed by atoms with Crippen LogP contribution in [0.2, 0.25) is 0 Å². The van der Waals surface area contributed by atoms with Crippen molar-refractivity contribution in [1.82, 2.24) is 15.2 Å². The standard InChI is InChI=1S/C16H21F2N3O2/c1-4-10(2)7-19-12-5-6-21(8-11(12)3)16(22)14-13(15(17)18)20-9-23-14/h7,9,15,19H,4-6,8H2,1-3H3. The first-order chi connectivity index (χ1) is 10.9. The van der Waals surface area contributed by atoms with Crippen molar-refractivity contribution in [3.8, 4) is 0 Å². The fourth-order valence-corrected chi connectivity index (χ4v) is 2.32. The molecule has 7 heteroatoms. The van der Waals surface area contributed by atoms with Gasteiger partial charge in [-0.3, -0.25) is 4.79 Å². The number of aromatic nitrogens is 1. The third kappa shape index (κ3) is 3.97. The summed E-state index contributed by atoms with van der Waals surface area (Å²) in [6.45, 7) is 6.86. The number of allylic oxidation sites excluding steroid dienone is 1. The Morgan fingerprint density at radius 3 is 2.91 bits per heavy atom. The summed E-state index contributed by atoms with van der Waals surface area (Å²) in [6, 6.07) is 0. The first kappa shape index (κ1) is 17.2. The van der Waals surface area contributed by atoms with Crippen molar-refractivity contribution in [2.75, 3.05) is 13.1 Å². The summed E-state index contributed by atoms with van der Waals surface area (Å²) in [4.78, 5) is 17.3. The number of oxazole rings is 1. The maximum atomic E-state index is 12.8. The van der Waals surface area contributed by atoms with Crippen LogP contribution in [0.4, 0.5) is 8.78 Å². The van der Waals surface area contributed by atoms with E-state index < -0.39 is 18.0 Å². The molecular weight excluding hydrogens is 304 g/mol. The van der Waals surface area contributed by atoms with Crippen molar-refractivity contribution in [2.45, 2.75) is 40.0 Å². The number of rotatable bonds is 5. The number of hydrogen-bond donors (Lipinski definition) is 1. The number of nitrogens with one attached hydrogen (secondary N) is 1. The average Bonchev–Trinajstić information content (AvgIpc) is 3.02. The second-order valence-corrected chi connectivity index (χ2v) is 5.59. The summed E-state index contributed by atoms with van der Waals surface area (Å²) in [5, 5.41) is 3.27. The van der Waals surface area contributed by atoms with E-state index >= 15 is 0 Å². The van der Waals surface area contributed by atoms with Crippen LogP contribution >= 0.6 is 0 Å². The van der Waals surface area contributed by atoms with Crippen LogP contribution in [0.15, 0.2) is 33.9 Å². The lowest BCUT2D eigenvalue weighted by Gasteiger charge is -2.29. The third-order valence-corrected chi connectivity index (χ3v) is 3.91. The van der Waals surface area contributed by atoms with Crippen LogP contribution in [-0.4, -0.2) is 28.9 Å². The Balaban J connectivity index is 2.09. The highest BCUT2D eigenvalue weighted by Gasteiger charge is 2.29. The van der Waals surface area contributed by atoms with Gasteiger partial charge in [0.15, 0.2) is 12.1 Å². The lowest BCUT2D eigenvalue weighted by atomic mass is 10.1. The molecular formula is C16H21F2N3O2. The van der Waals surface area contributed by atoms with Crippen LogP contribution in [-0.2, 0) is 0 Å². The van der Waals surface area contributed by atoms with Crippen molar-refractivity contribution in [3.05, 3.63) is 40.9 Å². The zero-order valence-corrected chi connectivity index (χ0v) is 13.5. The Morgan fingerprint density at radius 1 is 1.57 bits per heavy atom. The Bertz CT molecular complexity index is 635. The smallest absolute Gasteiger partial charge is 0.292 e. The molecule has 23 heavy (non-hydrogen) atoms. The van der Waals surface area contributed by atoms with Gasteiger partial charge in [-0.05, 0) is 32.0 Å². The molecule has 1 aliphatic rings. The van der Waals surface area contributed by atoms with Gasteiger partial charge >= 0.3 is 0 Å². The van der Waals surface area contributed by atoms with E-state index in [0.717, 1.165) is 24.1 Å². The van der Waals surface area contributed by atoms with Gasteiger partial charge in [0.05, 0.1) is 0 Å². The van der Waals surface area contributed by atoms with Gasteiger partial charge in [-0.25, -0.2) is 13.8 Å². The normalized spacial score (nSPS) is 16.3. The van der Waals surface area contributed by atoms with E-state index in [1.54, 1.807) is 0 Å². The molecule has 0 unspecified atom stereocenters. The molecule has 0 atom stereocenters.